The molecule has 2 atom stereocenters. The summed E-state index contributed by atoms with van der Waals surface area (Å²) in [5.41, 5.74) is 2.93. The van der Waals surface area contributed by atoms with E-state index in [-0.39, 0.29) is 29.8 Å². The van der Waals surface area contributed by atoms with Crippen LogP contribution >= 0.6 is 15.9 Å². The first-order valence-corrected chi connectivity index (χ1v) is 17.4. The van der Waals surface area contributed by atoms with Crippen LogP contribution in [0.2, 0.25) is 0 Å². The number of para-hydroxylation sites is 1. The van der Waals surface area contributed by atoms with Crippen LogP contribution in [0.5, 0.6) is 0 Å². The van der Waals surface area contributed by atoms with E-state index < -0.39 is 28.5 Å². The quantitative estimate of drug-likeness (QED) is 0.159. The number of halogens is 1. The minimum atomic E-state index is -4.14. The summed E-state index contributed by atoms with van der Waals surface area (Å²) in [5, 5.41) is 3.07. The van der Waals surface area contributed by atoms with Crippen molar-refractivity contribution in [1.29, 1.82) is 0 Å². The third-order valence-electron chi connectivity index (χ3n) is 7.79. The second-order valence-corrected chi connectivity index (χ2v) is 13.8. The lowest BCUT2D eigenvalue weighted by Gasteiger charge is -2.34. The molecule has 0 aliphatic carbocycles. The highest BCUT2D eigenvalue weighted by atomic mass is 79.9. The van der Waals surface area contributed by atoms with E-state index >= 15 is 0 Å². The number of rotatable bonds is 14. The van der Waals surface area contributed by atoms with Crippen molar-refractivity contribution < 1.29 is 18.0 Å². The minimum Gasteiger partial charge on any atom is -0.352 e. The molecule has 0 saturated carbocycles. The molecule has 4 aromatic carbocycles. The Morgan fingerprint density at radius 3 is 2.02 bits per heavy atom. The fraction of sp³-hybridized carbons (Fsp3) is 0.278. The van der Waals surface area contributed by atoms with Gasteiger partial charge in [-0.1, -0.05) is 109 Å². The van der Waals surface area contributed by atoms with Gasteiger partial charge in [-0.25, -0.2) is 8.42 Å². The van der Waals surface area contributed by atoms with Crippen molar-refractivity contribution in [1.82, 2.24) is 10.2 Å². The molecule has 2 amide bonds. The molecule has 0 aliphatic heterocycles. The highest BCUT2D eigenvalue weighted by Crippen LogP contribution is 2.28. The van der Waals surface area contributed by atoms with Gasteiger partial charge in [0.25, 0.3) is 10.0 Å². The largest absolute Gasteiger partial charge is 0.352 e. The van der Waals surface area contributed by atoms with Crippen LogP contribution in [-0.2, 0) is 39.0 Å². The maximum atomic E-state index is 14.6. The van der Waals surface area contributed by atoms with Gasteiger partial charge in [0.15, 0.2) is 0 Å². The summed E-state index contributed by atoms with van der Waals surface area (Å²) in [5.74, 6) is -0.770. The van der Waals surface area contributed by atoms with Crippen LogP contribution in [0.1, 0.15) is 43.9 Å². The van der Waals surface area contributed by atoms with Gasteiger partial charge in [0.05, 0.1) is 10.6 Å². The van der Waals surface area contributed by atoms with E-state index in [1.165, 1.54) is 21.3 Å². The number of aryl methyl sites for hydroxylation is 1. The number of hydrogen-bond acceptors (Lipinski definition) is 4. The monoisotopic (exact) mass is 689 g/mol. The number of hydrogen-bond donors (Lipinski definition) is 1. The maximum absolute atomic E-state index is 14.6. The molecule has 9 heteroatoms. The Bertz CT molecular complexity index is 1670. The Balaban J connectivity index is 1.82. The molecular formula is C36H40BrN3O4S. The van der Waals surface area contributed by atoms with E-state index in [0.717, 1.165) is 27.6 Å². The topological polar surface area (TPSA) is 86.8 Å². The Morgan fingerprint density at radius 1 is 0.800 bits per heavy atom. The lowest BCUT2D eigenvalue weighted by Crippen LogP contribution is -2.54. The molecule has 0 spiro atoms. The van der Waals surface area contributed by atoms with Gasteiger partial charge in [0.1, 0.15) is 12.6 Å². The third-order valence-corrected chi connectivity index (χ3v) is 10.1. The first kappa shape index (κ1) is 33.9. The van der Waals surface area contributed by atoms with E-state index in [0.29, 0.717) is 12.1 Å². The summed E-state index contributed by atoms with van der Waals surface area (Å²) in [6.45, 7) is 5.50. The van der Waals surface area contributed by atoms with Crippen molar-refractivity contribution in [3.8, 4) is 0 Å². The van der Waals surface area contributed by atoms with Gasteiger partial charge in [-0.3, -0.25) is 13.9 Å². The van der Waals surface area contributed by atoms with Crippen molar-refractivity contribution in [2.75, 3.05) is 10.8 Å². The zero-order valence-corrected chi connectivity index (χ0v) is 28.3. The van der Waals surface area contributed by atoms with E-state index in [1.54, 1.807) is 30.3 Å². The molecule has 0 bridgehead atoms. The number of nitrogens with one attached hydrogen (secondary N) is 1. The number of sulfonamides is 1. The fourth-order valence-corrected chi connectivity index (χ4v) is 6.81. The summed E-state index contributed by atoms with van der Waals surface area (Å²) in [6.07, 6.45) is 1.56. The first-order valence-electron chi connectivity index (χ1n) is 15.2. The highest BCUT2D eigenvalue weighted by Gasteiger charge is 2.35. The van der Waals surface area contributed by atoms with Crippen LogP contribution < -0.4 is 9.62 Å². The molecule has 0 unspecified atom stereocenters. The Labute approximate surface area is 275 Å². The molecule has 0 radical (unpaired) electrons. The van der Waals surface area contributed by atoms with Gasteiger partial charge in [-0.15, -0.1) is 0 Å². The van der Waals surface area contributed by atoms with Gasteiger partial charge in [0.2, 0.25) is 11.8 Å². The van der Waals surface area contributed by atoms with Crippen molar-refractivity contribution in [3.05, 3.63) is 130 Å². The average Bonchev–Trinajstić information content (AvgIpc) is 3.06. The summed E-state index contributed by atoms with van der Waals surface area (Å²) in [6, 6.07) is 31.4. The molecule has 7 nitrogen and oxygen atoms in total. The molecule has 0 fully saturated rings. The lowest BCUT2D eigenvalue weighted by atomic mass is 10.0. The molecule has 45 heavy (non-hydrogen) atoms. The van der Waals surface area contributed by atoms with Gasteiger partial charge < -0.3 is 10.2 Å². The zero-order chi connectivity index (χ0) is 32.4. The number of carbonyl (C=O) groups is 2. The maximum Gasteiger partial charge on any atom is 0.264 e. The van der Waals surface area contributed by atoms with Crippen LogP contribution in [0.25, 0.3) is 0 Å². The standard InChI is InChI=1S/C36H40BrN3O4S/c1-4-27(3)38-36(42)34(24-28-14-8-6-9-15-28)39(25-29-20-22-31(37)23-21-29)35(41)26-40(33-19-13-12-16-30(33)5-2)45(43,44)32-17-10-7-11-18-32/h6-23,27,34H,4-5,24-26H2,1-3H3,(H,38,42)/t27-,34-/m0/s1. The number of carbonyl (C=O) groups excluding carboxylic acids is 2. The van der Waals surface area contributed by atoms with E-state index in [4.69, 9.17) is 0 Å². The molecule has 0 aromatic heterocycles. The number of nitrogens with zero attached hydrogens (tertiary/aromatic N) is 2. The van der Waals surface area contributed by atoms with Gasteiger partial charge >= 0.3 is 0 Å². The number of anilines is 1. The van der Waals surface area contributed by atoms with Crippen LogP contribution in [0.4, 0.5) is 5.69 Å². The van der Waals surface area contributed by atoms with Crippen molar-refractivity contribution in [2.45, 2.75) is 63.6 Å². The van der Waals surface area contributed by atoms with Gasteiger partial charge in [0, 0.05) is 23.5 Å². The number of benzene rings is 4. The smallest absolute Gasteiger partial charge is 0.264 e. The van der Waals surface area contributed by atoms with E-state index in [9.17, 15) is 18.0 Å². The van der Waals surface area contributed by atoms with Crippen molar-refractivity contribution in [2.24, 2.45) is 0 Å². The van der Waals surface area contributed by atoms with Gasteiger partial charge in [-0.05, 0) is 66.8 Å². The van der Waals surface area contributed by atoms with Crippen LogP contribution in [0, 0.1) is 0 Å². The molecule has 4 aromatic rings. The molecule has 0 saturated heterocycles. The fourth-order valence-electron chi connectivity index (χ4n) is 5.07. The molecule has 236 valence electrons. The second-order valence-electron chi connectivity index (χ2n) is 11.0. The van der Waals surface area contributed by atoms with Gasteiger partial charge in [-0.2, -0.15) is 0 Å². The third kappa shape index (κ3) is 8.83. The molecule has 1 N–H and O–H groups in total. The van der Waals surface area contributed by atoms with Crippen LogP contribution in [-0.4, -0.2) is 43.8 Å². The molecular weight excluding hydrogens is 650 g/mol. The Hall–Kier alpha value is -3.95. The summed E-state index contributed by atoms with van der Waals surface area (Å²) in [7, 11) is -4.14. The van der Waals surface area contributed by atoms with Crippen LogP contribution in [0.3, 0.4) is 0 Å². The molecule has 0 heterocycles. The SMILES string of the molecule is CCc1ccccc1N(CC(=O)N(Cc1ccc(Br)cc1)[C@@H](Cc1ccccc1)C(=O)N[C@@H](C)CC)S(=O)(=O)c1ccccc1. The van der Waals surface area contributed by atoms with Crippen molar-refractivity contribution in [3.63, 3.8) is 0 Å². The lowest BCUT2D eigenvalue weighted by molar-refractivity contribution is -0.140. The van der Waals surface area contributed by atoms with E-state index in [2.05, 4.69) is 21.2 Å². The zero-order valence-electron chi connectivity index (χ0n) is 25.9. The summed E-state index contributed by atoms with van der Waals surface area (Å²) >= 11 is 3.47. The van der Waals surface area contributed by atoms with E-state index in [1.807, 2.05) is 87.5 Å². The molecule has 0 aliphatic rings. The minimum absolute atomic E-state index is 0.0820. The number of amides is 2. The predicted octanol–water partition coefficient (Wildman–Crippen LogP) is 6.76. The van der Waals surface area contributed by atoms with Crippen LogP contribution in [0.15, 0.2) is 119 Å². The highest BCUT2D eigenvalue weighted by molar-refractivity contribution is 9.10. The average molecular weight is 691 g/mol. The Morgan fingerprint density at radius 2 is 1.40 bits per heavy atom. The van der Waals surface area contributed by atoms with Crippen molar-refractivity contribution >= 4 is 43.5 Å². The first-order chi connectivity index (χ1) is 21.6. The normalized spacial score (nSPS) is 12.6. The Kier molecular flexibility index (Phi) is 12.0. The second kappa shape index (κ2) is 15.9. The summed E-state index contributed by atoms with van der Waals surface area (Å²) in [4.78, 5) is 30.1. The predicted molar refractivity (Wildman–Crippen MR) is 183 cm³/mol. The molecule has 4 rings (SSSR count). The summed E-state index contributed by atoms with van der Waals surface area (Å²) < 4.78 is 30.5.